The molecule has 0 bridgehead atoms. The van der Waals surface area contributed by atoms with Crippen molar-refractivity contribution in [3.63, 3.8) is 0 Å². The molecule has 4 aromatic rings. The van der Waals surface area contributed by atoms with Gasteiger partial charge >= 0.3 is 5.97 Å². The van der Waals surface area contributed by atoms with Crippen molar-refractivity contribution in [3.8, 4) is 17.7 Å². The monoisotopic (exact) mass is 704 g/mol. The molecule has 1 aromatic carbocycles. The van der Waals surface area contributed by atoms with Gasteiger partial charge in [0.2, 0.25) is 5.88 Å². The molecule has 0 amide bonds. The molecule has 0 aliphatic carbocycles. The van der Waals surface area contributed by atoms with E-state index in [-0.39, 0.29) is 42.0 Å². The summed E-state index contributed by atoms with van der Waals surface area (Å²) in [6.45, 7) is 6.02. The summed E-state index contributed by atoms with van der Waals surface area (Å²) in [6.07, 6.45) is -0.630. The largest absolute Gasteiger partial charge is 0.480 e. The molecule has 3 aromatic heterocycles. The number of fused-ring (bicyclic) bond motifs is 3. The number of piperidine rings is 1. The minimum Gasteiger partial charge on any atom is -0.480 e. The Labute approximate surface area is 292 Å². The molecular weight excluding hydrogens is 666 g/mol. The normalized spacial score (nSPS) is 25.0. The highest BCUT2D eigenvalue weighted by Gasteiger charge is 2.50. The lowest BCUT2D eigenvalue weighted by Gasteiger charge is -2.53. The van der Waals surface area contributed by atoms with Gasteiger partial charge in [-0.05, 0) is 44.5 Å². The minimum atomic E-state index is -2.99. The zero-order chi connectivity index (χ0) is 35.3. The second-order valence-corrected chi connectivity index (χ2v) is 13.6. The number of halogens is 2. The first-order valence-corrected chi connectivity index (χ1v) is 17.2. The maximum absolute atomic E-state index is 14.1. The van der Waals surface area contributed by atoms with E-state index in [0.717, 1.165) is 19.4 Å². The molecular formula is C36H38F2N6O7. The lowest BCUT2D eigenvalue weighted by molar-refractivity contribution is -0.228. The highest BCUT2D eigenvalue weighted by atomic mass is 19.3. The number of furan rings is 1. The zero-order valence-corrected chi connectivity index (χ0v) is 28.0. The maximum atomic E-state index is 14.1. The van der Waals surface area contributed by atoms with Crippen molar-refractivity contribution in [3.05, 3.63) is 47.9 Å². The van der Waals surface area contributed by atoms with Gasteiger partial charge in [-0.25, -0.2) is 28.5 Å². The number of likely N-dealkylation sites (tertiary alicyclic amines) is 1. The van der Waals surface area contributed by atoms with Crippen molar-refractivity contribution in [2.24, 2.45) is 0 Å². The fraction of sp³-hybridized carbons (Fsp3) is 0.500. The number of aliphatic hydroxyl groups is 1. The third-order valence-corrected chi connectivity index (χ3v) is 10.3. The van der Waals surface area contributed by atoms with Crippen LogP contribution in [0.4, 0.5) is 20.3 Å². The molecule has 51 heavy (non-hydrogen) atoms. The molecule has 268 valence electrons. The van der Waals surface area contributed by atoms with Gasteiger partial charge < -0.3 is 38.6 Å². The van der Waals surface area contributed by atoms with E-state index >= 15 is 0 Å². The number of para-hydroxylation sites is 1. The molecule has 4 aliphatic rings. The molecule has 2 N–H and O–H groups in total. The van der Waals surface area contributed by atoms with Crippen molar-refractivity contribution < 1.29 is 42.4 Å². The number of hydrogen-bond acceptors (Lipinski definition) is 12. The molecule has 4 aliphatic heterocycles. The smallest absolute Gasteiger partial charge is 0.326 e. The van der Waals surface area contributed by atoms with Gasteiger partial charge in [0.1, 0.15) is 34.5 Å². The van der Waals surface area contributed by atoms with E-state index in [1.165, 1.54) is 4.90 Å². The Bertz CT molecular complexity index is 2010. The van der Waals surface area contributed by atoms with Gasteiger partial charge in [-0.2, -0.15) is 0 Å². The summed E-state index contributed by atoms with van der Waals surface area (Å²) in [5.41, 5.74) is 1.63. The Morgan fingerprint density at radius 2 is 2.02 bits per heavy atom. The van der Waals surface area contributed by atoms with Crippen LogP contribution in [-0.2, 0) is 14.3 Å². The van der Waals surface area contributed by atoms with E-state index in [4.69, 9.17) is 23.6 Å². The summed E-state index contributed by atoms with van der Waals surface area (Å²) < 4.78 is 52.4. The molecule has 1 spiro atoms. The average Bonchev–Trinajstić information content (AvgIpc) is 3.70. The van der Waals surface area contributed by atoms with Gasteiger partial charge in [-0.15, -0.1) is 0 Å². The van der Waals surface area contributed by atoms with Crippen LogP contribution in [0.2, 0.25) is 0 Å². The summed E-state index contributed by atoms with van der Waals surface area (Å²) in [6, 6.07) is 7.59. The number of hydrogen-bond donors (Lipinski definition) is 2. The Kier molecular flexibility index (Phi) is 8.87. The number of carboxylic acids is 1. The van der Waals surface area contributed by atoms with Crippen LogP contribution in [0.15, 0.2) is 40.9 Å². The van der Waals surface area contributed by atoms with Crippen molar-refractivity contribution in [1.82, 2.24) is 19.9 Å². The molecule has 0 saturated carbocycles. The second kappa shape index (κ2) is 13.5. The number of anilines is 2. The third kappa shape index (κ3) is 6.31. The molecule has 4 fully saturated rings. The lowest BCUT2D eigenvalue weighted by atomic mass is 9.90. The van der Waals surface area contributed by atoms with Crippen molar-refractivity contribution in [1.29, 1.82) is 0 Å². The Hall–Kier alpha value is -4.62. The number of aromatic nitrogens is 3. The first kappa shape index (κ1) is 33.5. The molecule has 0 unspecified atom stereocenters. The van der Waals surface area contributed by atoms with E-state index in [0.29, 0.717) is 67.6 Å². The van der Waals surface area contributed by atoms with E-state index in [1.807, 2.05) is 6.07 Å². The number of aliphatic hydroxyl groups excluding tert-OH is 1. The summed E-state index contributed by atoms with van der Waals surface area (Å²) in [4.78, 5) is 31.3. The van der Waals surface area contributed by atoms with E-state index in [2.05, 4.69) is 38.5 Å². The first-order valence-electron chi connectivity index (χ1n) is 17.2. The quantitative estimate of drug-likeness (QED) is 0.270. The van der Waals surface area contributed by atoms with Crippen molar-refractivity contribution in [2.45, 2.75) is 62.5 Å². The molecule has 13 nitrogen and oxygen atoms in total. The van der Waals surface area contributed by atoms with Crippen LogP contribution in [0.3, 0.4) is 0 Å². The molecule has 8 rings (SSSR count). The lowest BCUT2D eigenvalue weighted by Crippen LogP contribution is -2.68. The van der Waals surface area contributed by atoms with E-state index in [1.54, 1.807) is 30.5 Å². The molecule has 0 radical (unpaired) electrons. The van der Waals surface area contributed by atoms with Gasteiger partial charge in [0.05, 0.1) is 45.1 Å². The van der Waals surface area contributed by atoms with Crippen molar-refractivity contribution in [2.75, 3.05) is 62.3 Å². The predicted octanol–water partition coefficient (Wildman–Crippen LogP) is 3.62. The summed E-state index contributed by atoms with van der Waals surface area (Å²) >= 11 is 0. The van der Waals surface area contributed by atoms with Gasteiger partial charge in [0.15, 0.2) is 17.2 Å². The number of pyridine rings is 1. The highest BCUT2D eigenvalue weighted by Crippen LogP contribution is 2.41. The van der Waals surface area contributed by atoms with Gasteiger partial charge in [-0.1, -0.05) is 24.0 Å². The van der Waals surface area contributed by atoms with Crippen LogP contribution in [0, 0.1) is 11.8 Å². The third-order valence-electron chi connectivity index (χ3n) is 10.3. The number of nitrogens with zero attached hydrogens (tertiary/aromatic N) is 6. The summed E-state index contributed by atoms with van der Waals surface area (Å²) in [5.74, 6) is 4.83. The zero-order valence-electron chi connectivity index (χ0n) is 28.0. The SMILES string of the molecule is C[C@@H]1N(c2cc(C#CCN3CCC[C@H](O)C3)cnc2O[C@H]2C[C@@H](C(=O)O)N(c3nc(C(F)F)nc4c3oc3ccccc34)C2)CCOC12COC2. The predicted molar refractivity (Wildman–Crippen MR) is 181 cm³/mol. The highest BCUT2D eigenvalue weighted by molar-refractivity contribution is 6.06. The number of rotatable bonds is 7. The standard InChI is InChI=1S/C36H38F2N6O7/c1-21-36(19-48-20-36)49-13-12-43(21)26-14-22(6-4-10-42-11-5-7-23(45)17-42)16-39-34(26)50-24-15-27(35(46)47)44(18-24)33-30-29(40-32(41-33)31(37)38)25-8-2-3-9-28(25)51-30/h2-3,8-9,14,16,21,23-24,27,31,45H,5,7,10-13,15,17-20H2,1H3,(H,46,47)/t21-,23-,24-,27-/m0/s1. The van der Waals surface area contributed by atoms with Gasteiger partial charge in [0.25, 0.3) is 6.43 Å². The number of carboxylic acid groups (broad SMARTS) is 1. The van der Waals surface area contributed by atoms with E-state index in [9.17, 15) is 23.8 Å². The van der Waals surface area contributed by atoms with Gasteiger partial charge in [-0.3, -0.25) is 4.90 Å². The van der Waals surface area contributed by atoms with Crippen molar-refractivity contribution >= 4 is 39.5 Å². The number of morpholine rings is 1. The van der Waals surface area contributed by atoms with Crippen LogP contribution in [-0.4, -0.2) is 118 Å². The first-order chi connectivity index (χ1) is 24.7. The molecule has 4 atom stereocenters. The summed E-state index contributed by atoms with van der Waals surface area (Å²) in [7, 11) is 0. The molecule has 4 saturated heterocycles. The summed E-state index contributed by atoms with van der Waals surface area (Å²) in [5, 5.41) is 20.9. The number of carbonyl (C=O) groups is 1. The Morgan fingerprint density at radius 1 is 1.18 bits per heavy atom. The Morgan fingerprint density at radius 3 is 2.78 bits per heavy atom. The number of β-amino-alcohol motifs (C(OH)–C–C–N with tert-alkyl or cyclic N) is 1. The number of alkyl halides is 2. The number of ether oxygens (including phenoxy) is 3. The van der Waals surface area contributed by atoms with E-state index < -0.39 is 36.0 Å². The number of aliphatic carboxylic acids is 1. The topological polar surface area (TPSA) is 147 Å². The van der Waals surface area contributed by atoms with Crippen LogP contribution in [0.1, 0.15) is 44.0 Å². The van der Waals surface area contributed by atoms with Crippen LogP contribution in [0.5, 0.6) is 5.88 Å². The molecule has 7 heterocycles. The maximum Gasteiger partial charge on any atom is 0.326 e. The van der Waals surface area contributed by atoms with Crippen LogP contribution in [0.25, 0.3) is 22.1 Å². The van der Waals surface area contributed by atoms with Crippen LogP contribution >= 0.6 is 0 Å². The fourth-order valence-corrected chi connectivity index (χ4v) is 7.53. The van der Waals surface area contributed by atoms with Crippen LogP contribution < -0.4 is 14.5 Å². The fourth-order valence-electron chi connectivity index (χ4n) is 7.53. The minimum absolute atomic E-state index is 0.0175. The second-order valence-electron chi connectivity index (χ2n) is 13.6. The number of benzene rings is 1. The van der Waals surface area contributed by atoms with Gasteiger partial charge in [0, 0.05) is 36.7 Å². The molecule has 15 heteroatoms. The Balaban J connectivity index is 1.12. The average molecular weight is 705 g/mol.